The van der Waals surface area contributed by atoms with Gasteiger partial charge in [0.1, 0.15) is 11.9 Å². The van der Waals surface area contributed by atoms with E-state index < -0.39 is 14.4 Å². The monoisotopic (exact) mass is 270 g/mol. The molecule has 4 heteroatoms. The Labute approximate surface area is 111 Å². The maximum atomic E-state index is 10.0. The molecule has 1 heterocycles. The Morgan fingerprint density at radius 1 is 1.39 bits per heavy atom. The van der Waals surface area contributed by atoms with Crippen molar-refractivity contribution in [1.82, 2.24) is 0 Å². The van der Waals surface area contributed by atoms with Gasteiger partial charge in [-0.1, -0.05) is 20.8 Å². The highest BCUT2D eigenvalue weighted by molar-refractivity contribution is 6.74. The number of rotatable bonds is 5. The second-order valence-corrected chi connectivity index (χ2v) is 11.2. The van der Waals surface area contributed by atoms with Crippen molar-refractivity contribution in [2.75, 3.05) is 0 Å². The summed E-state index contributed by atoms with van der Waals surface area (Å²) in [5.41, 5.74) is 0. The van der Waals surface area contributed by atoms with Crippen LogP contribution >= 0.6 is 0 Å². The zero-order valence-corrected chi connectivity index (χ0v) is 13.4. The molecule has 0 aliphatic heterocycles. The lowest BCUT2D eigenvalue weighted by atomic mass is 10.1. The van der Waals surface area contributed by atoms with Crippen LogP contribution in [0.5, 0.6) is 0 Å². The van der Waals surface area contributed by atoms with Crippen LogP contribution in [0, 0.1) is 0 Å². The van der Waals surface area contributed by atoms with Crippen LogP contribution in [-0.2, 0) is 4.43 Å². The Balaban J connectivity index is 2.54. The van der Waals surface area contributed by atoms with Crippen molar-refractivity contribution in [3.8, 4) is 0 Å². The van der Waals surface area contributed by atoms with Gasteiger partial charge in [-0.05, 0) is 37.2 Å². The fourth-order valence-corrected chi connectivity index (χ4v) is 3.09. The van der Waals surface area contributed by atoms with Crippen LogP contribution in [0.4, 0.5) is 0 Å². The first-order valence-corrected chi connectivity index (χ1v) is 9.43. The van der Waals surface area contributed by atoms with Crippen LogP contribution in [-0.4, -0.2) is 19.5 Å². The smallest absolute Gasteiger partial charge is 0.192 e. The second kappa shape index (κ2) is 5.59. The molecule has 0 aliphatic rings. The van der Waals surface area contributed by atoms with Gasteiger partial charge in [0.15, 0.2) is 8.32 Å². The first-order chi connectivity index (χ1) is 8.13. The number of furan rings is 1. The summed E-state index contributed by atoms with van der Waals surface area (Å²) < 4.78 is 11.4. The molecular formula is C14H26O3Si. The summed E-state index contributed by atoms with van der Waals surface area (Å²) in [6.45, 7) is 13.1. The van der Waals surface area contributed by atoms with E-state index in [1.165, 1.54) is 0 Å². The largest absolute Gasteiger partial charge is 0.467 e. The average Bonchev–Trinajstić information content (AvgIpc) is 2.66. The summed E-state index contributed by atoms with van der Waals surface area (Å²) in [6.07, 6.45) is 1.60. The van der Waals surface area contributed by atoms with Crippen LogP contribution in [0.15, 0.2) is 22.8 Å². The molecule has 18 heavy (non-hydrogen) atoms. The molecule has 1 N–H and O–H groups in total. The number of hydrogen-bond donors (Lipinski definition) is 1. The van der Waals surface area contributed by atoms with Crippen molar-refractivity contribution in [1.29, 1.82) is 0 Å². The van der Waals surface area contributed by atoms with E-state index in [0.29, 0.717) is 12.2 Å². The van der Waals surface area contributed by atoms with Gasteiger partial charge in [-0.3, -0.25) is 0 Å². The topological polar surface area (TPSA) is 42.6 Å². The van der Waals surface area contributed by atoms with Crippen molar-refractivity contribution in [2.45, 2.75) is 64.5 Å². The predicted molar refractivity (Wildman–Crippen MR) is 76.0 cm³/mol. The molecule has 0 amide bonds. The van der Waals surface area contributed by atoms with Crippen LogP contribution in [0.3, 0.4) is 0 Å². The van der Waals surface area contributed by atoms with Crippen LogP contribution in [0.1, 0.15) is 46.0 Å². The molecule has 0 fully saturated rings. The first-order valence-electron chi connectivity index (χ1n) is 6.53. The fourth-order valence-electron chi connectivity index (χ4n) is 1.64. The lowest BCUT2D eigenvalue weighted by molar-refractivity contribution is 0.0808. The minimum atomic E-state index is -1.76. The zero-order valence-electron chi connectivity index (χ0n) is 12.4. The van der Waals surface area contributed by atoms with Gasteiger partial charge < -0.3 is 13.9 Å². The highest BCUT2D eigenvalue weighted by Gasteiger charge is 2.38. The third kappa shape index (κ3) is 3.97. The molecule has 0 aliphatic carbocycles. The Morgan fingerprint density at radius 3 is 2.44 bits per heavy atom. The molecule has 1 aromatic heterocycles. The Kier molecular flexibility index (Phi) is 4.81. The Bertz CT molecular complexity index is 352. The van der Waals surface area contributed by atoms with Gasteiger partial charge in [-0.25, -0.2) is 0 Å². The zero-order chi connectivity index (χ0) is 14.0. The standard InChI is InChI=1S/C14H26O3Si/c1-11(17-18(5,6)14(2,3)4)10-12(15)13-8-7-9-16-13/h7-9,11-12,15H,10H2,1-6H3/t11-,12-/m0/s1. The average molecular weight is 270 g/mol. The number of aliphatic hydroxyl groups excluding tert-OH is 1. The fraction of sp³-hybridized carbons (Fsp3) is 0.714. The van der Waals surface area contributed by atoms with Crippen molar-refractivity contribution in [3.05, 3.63) is 24.2 Å². The minimum Gasteiger partial charge on any atom is -0.467 e. The quantitative estimate of drug-likeness (QED) is 0.819. The molecule has 1 rings (SSSR count). The van der Waals surface area contributed by atoms with E-state index in [-0.39, 0.29) is 11.1 Å². The highest BCUT2D eigenvalue weighted by atomic mass is 28.4. The van der Waals surface area contributed by atoms with E-state index in [9.17, 15) is 5.11 Å². The highest BCUT2D eigenvalue weighted by Crippen LogP contribution is 2.38. The van der Waals surface area contributed by atoms with Crippen molar-refractivity contribution in [3.63, 3.8) is 0 Å². The maximum absolute atomic E-state index is 10.0. The van der Waals surface area contributed by atoms with Crippen LogP contribution in [0.2, 0.25) is 18.1 Å². The van der Waals surface area contributed by atoms with E-state index >= 15 is 0 Å². The summed E-state index contributed by atoms with van der Waals surface area (Å²) in [4.78, 5) is 0. The summed E-state index contributed by atoms with van der Waals surface area (Å²) in [6, 6.07) is 3.58. The van der Waals surface area contributed by atoms with Gasteiger partial charge >= 0.3 is 0 Å². The maximum Gasteiger partial charge on any atom is 0.192 e. The number of hydrogen-bond acceptors (Lipinski definition) is 3. The Hall–Kier alpha value is -0.583. The number of aliphatic hydroxyl groups is 1. The summed E-state index contributed by atoms with van der Waals surface area (Å²) in [5, 5.41) is 10.2. The molecule has 3 nitrogen and oxygen atoms in total. The lowest BCUT2D eigenvalue weighted by Crippen LogP contribution is -2.43. The summed E-state index contributed by atoms with van der Waals surface area (Å²) >= 11 is 0. The second-order valence-electron chi connectivity index (χ2n) is 6.46. The molecule has 0 aromatic carbocycles. The van der Waals surface area contributed by atoms with Crippen molar-refractivity contribution >= 4 is 8.32 Å². The molecule has 0 unspecified atom stereocenters. The van der Waals surface area contributed by atoms with E-state index in [2.05, 4.69) is 33.9 Å². The van der Waals surface area contributed by atoms with Crippen molar-refractivity contribution < 1.29 is 13.9 Å². The van der Waals surface area contributed by atoms with Crippen LogP contribution in [0.25, 0.3) is 0 Å². The lowest BCUT2D eigenvalue weighted by Gasteiger charge is -2.38. The third-order valence-corrected chi connectivity index (χ3v) is 8.33. The summed E-state index contributed by atoms with van der Waals surface area (Å²) in [5.74, 6) is 0.612. The van der Waals surface area contributed by atoms with E-state index in [1.54, 1.807) is 18.4 Å². The van der Waals surface area contributed by atoms with Gasteiger partial charge in [0.05, 0.1) is 6.26 Å². The first kappa shape index (κ1) is 15.5. The SMILES string of the molecule is C[C@@H](C[C@H](O)c1ccco1)O[Si](C)(C)C(C)(C)C. The van der Waals surface area contributed by atoms with E-state index in [4.69, 9.17) is 8.84 Å². The predicted octanol–water partition coefficient (Wildman–Crippen LogP) is 4.11. The molecule has 1 aromatic rings. The van der Waals surface area contributed by atoms with E-state index in [1.807, 2.05) is 6.92 Å². The van der Waals surface area contributed by atoms with E-state index in [0.717, 1.165) is 0 Å². The van der Waals surface area contributed by atoms with Gasteiger partial charge in [-0.15, -0.1) is 0 Å². The molecule has 0 spiro atoms. The third-order valence-electron chi connectivity index (χ3n) is 3.73. The van der Waals surface area contributed by atoms with Gasteiger partial charge in [0.25, 0.3) is 0 Å². The molecular weight excluding hydrogens is 244 g/mol. The molecule has 0 bridgehead atoms. The van der Waals surface area contributed by atoms with Crippen molar-refractivity contribution in [2.24, 2.45) is 0 Å². The normalized spacial score (nSPS) is 16.6. The van der Waals surface area contributed by atoms with Gasteiger partial charge in [0, 0.05) is 12.5 Å². The Morgan fingerprint density at radius 2 is 2.00 bits per heavy atom. The molecule has 0 saturated carbocycles. The van der Waals surface area contributed by atoms with Gasteiger partial charge in [-0.2, -0.15) is 0 Å². The molecule has 0 saturated heterocycles. The van der Waals surface area contributed by atoms with Gasteiger partial charge in [0.2, 0.25) is 0 Å². The molecule has 104 valence electrons. The molecule has 2 atom stereocenters. The van der Waals surface area contributed by atoms with Crippen LogP contribution < -0.4 is 0 Å². The summed E-state index contributed by atoms with van der Waals surface area (Å²) in [7, 11) is -1.76. The molecule has 0 radical (unpaired) electrons. The minimum absolute atomic E-state index is 0.0333.